The molecular formula is C12H17N3O2. The molecule has 2 saturated heterocycles. The van der Waals surface area contributed by atoms with Crippen LogP contribution in [0.5, 0.6) is 0 Å². The number of piperazine rings is 1. The Morgan fingerprint density at radius 1 is 1.47 bits per heavy atom. The molecule has 17 heavy (non-hydrogen) atoms. The minimum Gasteiger partial charge on any atom is -0.338 e. The summed E-state index contributed by atoms with van der Waals surface area (Å²) >= 11 is 0. The highest BCUT2D eigenvalue weighted by atomic mass is 16.2. The Bertz CT molecular complexity index is 355. The van der Waals surface area contributed by atoms with Gasteiger partial charge < -0.3 is 15.1 Å². The Labute approximate surface area is 101 Å². The van der Waals surface area contributed by atoms with E-state index in [9.17, 15) is 9.59 Å². The first-order chi connectivity index (χ1) is 8.24. The van der Waals surface area contributed by atoms with Crippen LogP contribution in [0.4, 0.5) is 0 Å². The molecule has 5 nitrogen and oxygen atoms in total. The molecule has 0 aromatic carbocycles. The molecule has 0 spiro atoms. The number of amides is 2. The lowest BCUT2D eigenvalue weighted by Crippen LogP contribution is -2.53. The SMILES string of the molecule is C#CCN1C(=O)CCC1C(=O)N1CCNCC1. The van der Waals surface area contributed by atoms with Gasteiger partial charge in [-0.25, -0.2) is 0 Å². The molecule has 2 fully saturated rings. The molecule has 0 aromatic heterocycles. The zero-order chi connectivity index (χ0) is 12.3. The van der Waals surface area contributed by atoms with Gasteiger partial charge in [0.1, 0.15) is 6.04 Å². The molecule has 2 heterocycles. The molecule has 0 saturated carbocycles. The van der Waals surface area contributed by atoms with E-state index in [4.69, 9.17) is 6.42 Å². The van der Waals surface area contributed by atoms with Gasteiger partial charge >= 0.3 is 0 Å². The van der Waals surface area contributed by atoms with Crippen molar-refractivity contribution < 1.29 is 9.59 Å². The standard InChI is InChI=1S/C12H17N3O2/c1-2-7-15-10(3-4-11(15)16)12(17)14-8-5-13-6-9-14/h1,10,13H,3-9H2. The van der Waals surface area contributed by atoms with Gasteiger partial charge in [-0.15, -0.1) is 6.42 Å². The van der Waals surface area contributed by atoms with E-state index >= 15 is 0 Å². The third kappa shape index (κ3) is 2.42. The molecule has 2 amide bonds. The molecule has 0 radical (unpaired) electrons. The first kappa shape index (κ1) is 11.9. The van der Waals surface area contributed by atoms with Gasteiger partial charge in [0.15, 0.2) is 0 Å². The highest BCUT2D eigenvalue weighted by Gasteiger charge is 2.37. The van der Waals surface area contributed by atoms with E-state index in [-0.39, 0.29) is 24.4 Å². The predicted molar refractivity (Wildman–Crippen MR) is 63.0 cm³/mol. The Hall–Kier alpha value is -1.54. The average molecular weight is 235 g/mol. The molecule has 1 unspecified atom stereocenters. The maximum Gasteiger partial charge on any atom is 0.245 e. The van der Waals surface area contributed by atoms with Gasteiger partial charge in [0.2, 0.25) is 11.8 Å². The van der Waals surface area contributed by atoms with E-state index in [0.717, 1.165) is 13.1 Å². The molecule has 1 atom stereocenters. The zero-order valence-corrected chi connectivity index (χ0v) is 9.82. The van der Waals surface area contributed by atoms with Crippen LogP contribution >= 0.6 is 0 Å². The Balaban J connectivity index is 2.02. The topological polar surface area (TPSA) is 52.7 Å². The van der Waals surface area contributed by atoms with Crippen molar-refractivity contribution in [3.05, 3.63) is 0 Å². The van der Waals surface area contributed by atoms with Gasteiger partial charge in [0.05, 0.1) is 6.54 Å². The normalized spacial score (nSPS) is 24.9. The van der Waals surface area contributed by atoms with E-state index < -0.39 is 0 Å². The van der Waals surface area contributed by atoms with Crippen molar-refractivity contribution in [2.45, 2.75) is 18.9 Å². The molecule has 92 valence electrons. The number of nitrogens with zero attached hydrogens (tertiary/aromatic N) is 2. The zero-order valence-electron chi connectivity index (χ0n) is 9.82. The highest BCUT2D eigenvalue weighted by Crippen LogP contribution is 2.20. The first-order valence-electron chi connectivity index (χ1n) is 5.96. The van der Waals surface area contributed by atoms with Crippen molar-refractivity contribution in [2.75, 3.05) is 32.7 Å². The number of rotatable bonds is 2. The lowest BCUT2D eigenvalue weighted by molar-refractivity contribution is -0.141. The van der Waals surface area contributed by atoms with Crippen LogP contribution in [0.15, 0.2) is 0 Å². The van der Waals surface area contributed by atoms with Crippen LogP contribution in [0, 0.1) is 12.3 Å². The van der Waals surface area contributed by atoms with Crippen molar-refractivity contribution in [2.24, 2.45) is 0 Å². The van der Waals surface area contributed by atoms with Crippen molar-refractivity contribution in [3.63, 3.8) is 0 Å². The summed E-state index contributed by atoms with van der Waals surface area (Å²) in [6.45, 7) is 3.31. The summed E-state index contributed by atoms with van der Waals surface area (Å²) in [6, 6.07) is -0.336. The lowest BCUT2D eigenvalue weighted by atomic mass is 10.1. The second kappa shape index (κ2) is 5.19. The molecule has 2 aliphatic rings. The Morgan fingerprint density at radius 3 is 2.82 bits per heavy atom. The van der Waals surface area contributed by atoms with Crippen LogP contribution < -0.4 is 5.32 Å². The fourth-order valence-electron chi connectivity index (χ4n) is 2.38. The van der Waals surface area contributed by atoms with Crippen molar-refractivity contribution in [3.8, 4) is 12.3 Å². The van der Waals surface area contributed by atoms with Crippen molar-refractivity contribution >= 4 is 11.8 Å². The summed E-state index contributed by atoms with van der Waals surface area (Å²) in [5.41, 5.74) is 0. The summed E-state index contributed by atoms with van der Waals surface area (Å²) in [4.78, 5) is 27.2. The maximum atomic E-state index is 12.3. The second-order valence-electron chi connectivity index (χ2n) is 4.36. The monoisotopic (exact) mass is 235 g/mol. The molecule has 0 bridgehead atoms. The molecule has 0 aromatic rings. The maximum absolute atomic E-state index is 12.3. The summed E-state index contributed by atoms with van der Waals surface area (Å²) in [5, 5.41) is 3.20. The van der Waals surface area contributed by atoms with E-state index in [0.29, 0.717) is 25.9 Å². The highest BCUT2D eigenvalue weighted by molar-refractivity contribution is 5.91. The number of terminal acetylenes is 1. The molecule has 0 aliphatic carbocycles. The van der Waals surface area contributed by atoms with Crippen LogP contribution in [-0.4, -0.2) is 60.4 Å². The molecule has 1 N–H and O–H groups in total. The van der Waals surface area contributed by atoms with Gasteiger partial charge in [0, 0.05) is 32.6 Å². The Morgan fingerprint density at radius 2 is 2.18 bits per heavy atom. The van der Waals surface area contributed by atoms with Gasteiger partial charge in [-0.3, -0.25) is 9.59 Å². The Kier molecular flexibility index (Phi) is 3.64. The smallest absolute Gasteiger partial charge is 0.245 e. The van der Waals surface area contributed by atoms with E-state index in [1.54, 1.807) is 0 Å². The largest absolute Gasteiger partial charge is 0.338 e. The van der Waals surface area contributed by atoms with Crippen LogP contribution in [0.1, 0.15) is 12.8 Å². The van der Waals surface area contributed by atoms with Crippen LogP contribution in [0.2, 0.25) is 0 Å². The van der Waals surface area contributed by atoms with Crippen LogP contribution in [0.25, 0.3) is 0 Å². The number of likely N-dealkylation sites (tertiary alicyclic amines) is 1. The lowest BCUT2D eigenvalue weighted by Gasteiger charge is -2.32. The molecule has 2 rings (SSSR count). The van der Waals surface area contributed by atoms with Gasteiger partial charge in [-0.2, -0.15) is 0 Å². The van der Waals surface area contributed by atoms with Crippen molar-refractivity contribution in [1.29, 1.82) is 0 Å². The minimum absolute atomic E-state index is 0.00330. The van der Waals surface area contributed by atoms with E-state index in [2.05, 4.69) is 11.2 Å². The fourth-order valence-corrected chi connectivity index (χ4v) is 2.38. The minimum atomic E-state index is -0.336. The number of carbonyl (C=O) groups is 2. The van der Waals surface area contributed by atoms with Gasteiger partial charge in [-0.1, -0.05) is 5.92 Å². The first-order valence-corrected chi connectivity index (χ1v) is 5.96. The van der Waals surface area contributed by atoms with Crippen LogP contribution in [0.3, 0.4) is 0 Å². The van der Waals surface area contributed by atoms with Crippen molar-refractivity contribution in [1.82, 2.24) is 15.1 Å². The fraction of sp³-hybridized carbons (Fsp3) is 0.667. The summed E-state index contributed by atoms with van der Waals surface area (Å²) in [6.07, 6.45) is 6.27. The number of hydrogen-bond donors (Lipinski definition) is 1. The van der Waals surface area contributed by atoms with E-state index in [1.807, 2.05) is 4.90 Å². The molecule has 2 aliphatic heterocycles. The summed E-state index contributed by atoms with van der Waals surface area (Å²) < 4.78 is 0. The quantitative estimate of drug-likeness (QED) is 0.627. The summed E-state index contributed by atoms with van der Waals surface area (Å²) in [7, 11) is 0. The molecular weight excluding hydrogens is 218 g/mol. The third-order valence-electron chi connectivity index (χ3n) is 3.30. The third-order valence-corrected chi connectivity index (χ3v) is 3.30. The second-order valence-corrected chi connectivity index (χ2v) is 4.36. The number of hydrogen-bond acceptors (Lipinski definition) is 3. The van der Waals surface area contributed by atoms with Crippen LogP contribution in [-0.2, 0) is 9.59 Å². The molecule has 5 heteroatoms. The predicted octanol–water partition coefficient (Wildman–Crippen LogP) is -0.958. The average Bonchev–Trinajstić information content (AvgIpc) is 2.72. The van der Waals surface area contributed by atoms with Gasteiger partial charge in [-0.05, 0) is 6.42 Å². The number of nitrogens with one attached hydrogen (secondary N) is 1. The summed E-state index contributed by atoms with van der Waals surface area (Å²) in [5.74, 6) is 2.50. The van der Waals surface area contributed by atoms with E-state index in [1.165, 1.54) is 4.90 Å². The number of carbonyl (C=O) groups excluding carboxylic acids is 2. The van der Waals surface area contributed by atoms with Gasteiger partial charge in [0.25, 0.3) is 0 Å².